The molecule has 23 heavy (non-hydrogen) atoms. The van der Waals surface area contributed by atoms with Crippen LogP contribution in [0.2, 0.25) is 0 Å². The SMILES string of the molecule is CCOc1ccc(C=C2N=C(c3ccc(Br)cc3)OC2=O)cc1. The maximum absolute atomic E-state index is 12.0. The topological polar surface area (TPSA) is 47.9 Å². The molecule has 0 saturated heterocycles. The average Bonchev–Trinajstić information content (AvgIpc) is 2.91. The van der Waals surface area contributed by atoms with Crippen molar-refractivity contribution >= 4 is 33.9 Å². The smallest absolute Gasteiger partial charge is 0.363 e. The van der Waals surface area contributed by atoms with E-state index in [0.29, 0.717) is 12.5 Å². The van der Waals surface area contributed by atoms with Crippen LogP contribution in [-0.2, 0) is 9.53 Å². The van der Waals surface area contributed by atoms with Gasteiger partial charge in [-0.1, -0.05) is 28.1 Å². The zero-order valence-electron chi connectivity index (χ0n) is 12.5. The van der Waals surface area contributed by atoms with Gasteiger partial charge in [-0.3, -0.25) is 0 Å². The largest absolute Gasteiger partial charge is 0.494 e. The van der Waals surface area contributed by atoms with Crippen LogP contribution in [0.15, 0.2) is 63.7 Å². The molecule has 0 fully saturated rings. The molecule has 0 unspecified atom stereocenters. The monoisotopic (exact) mass is 371 g/mol. The van der Waals surface area contributed by atoms with Crippen LogP contribution in [0, 0.1) is 0 Å². The lowest BCUT2D eigenvalue weighted by Crippen LogP contribution is -2.05. The number of benzene rings is 2. The van der Waals surface area contributed by atoms with Crippen LogP contribution in [0.5, 0.6) is 5.75 Å². The van der Waals surface area contributed by atoms with Crippen molar-refractivity contribution in [3.05, 3.63) is 69.8 Å². The standard InChI is InChI=1S/C18H14BrNO3/c1-2-22-15-9-3-12(4-10-15)11-16-18(21)23-17(20-16)13-5-7-14(19)8-6-13/h3-11H,2H2,1H3. The highest BCUT2D eigenvalue weighted by Crippen LogP contribution is 2.21. The number of cyclic esters (lactones) is 1. The molecule has 0 bridgehead atoms. The number of aliphatic imine (C=N–C) groups is 1. The van der Waals surface area contributed by atoms with Crippen molar-refractivity contribution in [3.63, 3.8) is 0 Å². The third-order valence-electron chi connectivity index (χ3n) is 3.21. The maximum Gasteiger partial charge on any atom is 0.363 e. The molecular formula is C18H14BrNO3. The molecule has 3 rings (SSSR count). The maximum atomic E-state index is 12.0. The summed E-state index contributed by atoms with van der Waals surface area (Å²) < 4.78 is 11.6. The second-order valence-corrected chi connectivity index (χ2v) is 5.76. The Morgan fingerprint density at radius 3 is 2.48 bits per heavy atom. The van der Waals surface area contributed by atoms with E-state index >= 15 is 0 Å². The molecule has 5 heteroatoms. The quantitative estimate of drug-likeness (QED) is 0.597. The van der Waals surface area contributed by atoms with Crippen LogP contribution >= 0.6 is 15.9 Å². The molecular weight excluding hydrogens is 358 g/mol. The Balaban J connectivity index is 1.84. The lowest BCUT2D eigenvalue weighted by Gasteiger charge is -2.02. The fourth-order valence-corrected chi connectivity index (χ4v) is 2.37. The van der Waals surface area contributed by atoms with Gasteiger partial charge >= 0.3 is 5.97 Å². The molecule has 0 aliphatic carbocycles. The highest BCUT2D eigenvalue weighted by atomic mass is 79.9. The Hall–Kier alpha value is -2.40. The first kappa shape index (κ1) is 15.5. The molecule has 0 N–H and O–H groups in total. The van der Waals surface area contributed by atoms with Crippen LogP contribution < -0.4 is 4.74 Å². The second-order valence-electron chi connectivity index (χ2n) is 4.84. The van der Waals surface area contributed by atoms with E-state index in [-0.39, 0.29) is 5.70 Å². The van der Waals surface area contributed by atoms with Gasteiger partial charge in [-0.05, 0) is 55.0 Å². The molecule has 0 radical (unpaired) electrons. The van der Waals surface area contributed by atoms with Crippen LogP contribution in [0.25, 0.3) is 6.08 Å². The molecule has 2 aromatic carbocycles. The summed E-state index contributed by atoms with van der Waals surface area (Å²) in [5.74, 6) is 0.666. The lowest BCUT2D eigenvalue weighted by atomic mass is 10.2. The van der Waals surface area contributed by atoms with E-state index in [2.05, 4.69) is 20.9 Å². The van der Waals surface area contributed by atoms with Crippen molar-refractivity contribution in [2.24, 2.45) is 4.99 Å². The molecule has 0 amide bonds. The normalized spacial score (nSPS) is 15.5. The van der Waals surface area contributed by atoms with E-state index in [9.17, 15) is 4.79 Å². The van der Waals surface area contributed by atoms with E-state index in [1.165, 1.54) is 0 Å². The number of ether oxygens (including phenoxy) is 2. The summed E-state index contributed by atoms with van der Waals surface area (Å²) in [4.78, 5) is 16.2. The number of esters is 1. The number of nitrogens with zero attached hydrogens (tertiary/aromatic N) is 1. The molecule has 116 valence electrons. The number of carbonyl (C=O) groups excluding carboxylic acids is 1. The lowest BCUT2D eigenvalue weighted by molar-refractivity contribution is -0.129. The highest BCUT2D eigenvalue weighted by Gasteiger charge is 2.23. The van der Waals surface area contributed by atoms with E-state index in [1.54, 1.807) is 6.08 Å². The van der Waals surface area contributed by atoms with Crippen LogP contribution in [-0.4, -0.2) is 18.5 Å². The molecule has 0 atom stereocenters. The fraction of sp³-hybridized carbons (Fsp3) is 0.111. The summed E-state index contributed by atoms with van der Waals surface area (Å²) in [6.07, 6.45) is 1.70. The van der Waals surface area contributed by atoms with Crippen molar-refractivity contribution < 1.29 is 14.3 Å². The molecule has 0 spiro atoms. The number of hydrogen-bond donors (Lipinski definition) is 0. The third-order valence-corrected chi connectivity index (χ3v) is 3.73. The van der Waals surface area contributed by atoms with Gasteiger partial charge in [0.1, 0.15) is 5.75 Å². The van der Waals surface area contributed by atoms with Crippen molar-refractivity contribution in [2.75, 3.05) is 6.61 Å². The number of hydrogen-bond acceptors (Lipinski definition) is 4. The second kappa shape index (κ2) is 6.79. The Bertz CT molecular complexity index is 777. The predicted octanol–water partition coefficient (Wildman–Crippen LogP) is 4.19. The summed E-state index contributed by atoms with van der Waals surface area (Å²) >= 11 is 3.37. The molecule has 1 heterocycles. The minimum absolute atomic E-state index is 0.284. The summed E-state index contributed by atoms with van der Waals surface area (Å²) in [7, 11) is 0. The van der Waals surface area contributed by atoms with Crippen LogP contribution in [0.3, 0.4) is 0 Å². The van der Waals surface area contributed by atoms with Gasteiger partial charge < -0.3 is 9.47 Å². The van der Waals surface area contributed by atoms with Crippen molar-refractivity contribution in [1.29, 1.82) is 0 Å². The minimum atomic E-state index is -0.447. The molecule has 1 aliphatic rings. The van der Waals surface area contributed by atoms with Crippen LogP contribution in [0.1, 0.15) is 18.1 Å². The zero-order chi connectivity index (χ0) is 16.2. The van der Waals surface area contributed by atoms with Crippen molar-refractivity contribution in [3.8, 4) is 5.75 Å². The Labute approximate surface area is 142 Å². The summed E-state index contributed by atoms with van der Waals surface area (Å²) in [6.45, 7) is 2.55. The van der Waals surface area contributed by atoms with Gasteiger partial charge in [0, 0.05) is 10.0 Å². The Morgan fingerprint density at radius 1 is 1.13 bits per heavy atom. The van der Waals surface area contributed by atoms with E-state index in [4.69, 9.17) is 9.47 Å². The van der Waals surface area contributed by atoms with Gasteiger partial charge in [0.25, 0.3) is 0 Å². The highest BCUT2D eigenvalue weighted by molar-refractivity contribution is 9.10. The van der Waals surface area contributed by atoms with Gasteiger partial charge in [-0.2, -0.15) is 0 Å². The van der Waals surface area contributed by atoms with E-state index in [1.807, 2.05) is 55.5 Å². The predicted molar refractivity (Wildman–Crippen MR) is 92.4 cm³/mol. The summed E-state index contributed by atoms with van der Waals surface area (Å²) in [5.41, 5.74) is 1.91. The molecule has 1 aliphatic heterocycles. The molecule has 0 aromatic heterocycles. The first-order valence-corrected chi connectivity index (χ1v) is 7.96. The Morgan fingerprint density at radius 2 is 1.83 bits per heavy atom. The third kappa shape index (κ3) is 3.68. The van der Waals surface area contributed by atoms with E-state index < -0.39 is 5.97 Å². The first-order chi connectivity index (χ1) is 11.2. The average molecular weight is 372 g/mol. The van der Waals surface area contributed by atoms with E-state index in [0.717, 1.165) is 21.3 Å². The van der Waals surface area contributed by atoms with Gasteiger partial charge in [0.05, 0.1) is 6.61 Å². The summed E-state index contributed by atoms with van der Waals surface area (Å²) in [6, 6.07) is 14.9. The number of carbonyl (C=O) groups is 1. The number of rotatable bonds is 4. The van der Waals surface area contributed by atoms with Gasteiger partial charge in [0.15, 0.2) is 5.70 Å². The zero-order valence-corrected chi connectivity index (χ0v) is 14.0. The van der Waals surface area contributed by atoms with Crippen molar-refractivity contribution in [2.45, 2.75) is 6.92 Å². The van der Waals surface area contributed by atoms with Gasteiger partial charge in [0.2, 0.25) is 5.90 Å². The van der Waals surface area contributed by atoms with Crippen LogP contribution in [0.4, 0.5) is 0 Å². The molecule has 2 aromatic rings. The fourth-order valence-electron chi connectivity index (χ4n) is 2.11. The molecule has 0 saturated carbocycles. The first-order valence-electron chi connectivity index (χ1n) is 7.17. The Kier molecular flexibility index (Phi) is 4.57. The van der Waals surface area contributed by atoms with Gasteiger partial charge in [-0.15, -0.1) is 0 Å². The molecule has 4 nitrogen and oxygen atoms in total. The summed E-state index contributed by atoms with van der Waals surface area (Å²) in [5, 5.41) is 0. The number of halogens is 1. The van der Waals surface area contributed by atoms with Crippen molar-refractivity contribution in [1.82, 2.24) is 0 Å². The minimum Gasteiger partial charge on any atom is -0.494 e. The van der Waals surface area contributed by atoms with Gasteiger partial charge in [-0.25, -0.2) is 9.79 Å².